The number of rotatable bonds is 3. The molecule has 0 aliphatic heterocycles. The van der Waals surface area contributed by atoms with Gasteiger partial charge in [0.15, 0.2) is 0 Å². The van der Waals surface area contributed by atoms with Gasteiger partial charge in [-0.2, -0.15) is 0 Å². The summed E-state index contributed by atoms with van der Waals surface area (Å²) in [5, 5.41) is 6.18. The van der Waals surface area contributed by atoms with Crippen molar-refractivity contribution in [2.75, 3.05) is 23.4 Å². The van der Waals surface area contributed by atoms with Gasteiger partial charge in [-0.15, -0.1) is 0 Å². The van der Waals surface area contributed by atoms with E-state index in [-0.39, 0.29) is 0 Å². The van der Waals surface area contributed by atoms with E-state index in [4.69, 9.17) is 5.73 Å². The van der Waals surface area contributed by atoms with Crippen molar-refractivity contribution >= 4 is 23.0 Å². The molecule has 1 aromatic carbocycles. The molecule has 0 radical (unpaired) electrons. The van der Waals surface area contributed by atoms with Crippen LogP contribution in [0, 0.1) is 6.92 Å². The van der Waals surface area contributed by atoms with Crippen molar-refractivity contribution in [3.05, 3.63) is 36.2 Å². The molecule has 1 heterocycles. The second-order valence-corrected chi connectivity index (χ2v) is 3.69. The molecule has 1 aromatic heterocycles. The maximum absolute atomic E-state index is 5.71. The topological polar surface area (TPSA) is 75.9 Å². The molecule has 0 aliphatic carbocycles. The summed E-state index contributed by atoms with van der Waals surface area (Å²) in [5.74, 6) is 2.24. The van der Waals surface area contributed by atoms with E-state index in [1.54, 1.807) is 0 Å². The highest BCUT2D eigenvalue weighted by Crippen LogP contribution is 2.18. The number of nitrogen functional groups attached to an aromatic ring is 1. The van der Waals surface area contributed by atoms with Gasteiger partial charge in [0.05, 0.1) is 0 Å². The fourth-order valence-corrected chi connectivity index (χ4v) is 1.52. The lowest BCUT2D eigenvalue weighted by Gasteiger charge is -2.08. The van der Waals surface area contributed by atoms with Crippen molar-refractivity contribution in [3.8, 4) is 0 Å². The molecule has 5 nitrogen and oxygen atoms in total. The van der Waals surface area contributed by atoms with Gasteiger partial charge in [0.1, 0.15) is 17.5 Å². The summed E-state index contributed by atoms with van der Waals surface area (Å²) in [4.78, 5) is 8.53. The van der Waals surface area contributed by atoms with E-state index in [1.807, 2.05) is 44.3 Å². The monoisotopic (exact) mass is 229 g/mol. The first-order valence-corrected chi connectivity index (χ1v) is 5.33. The molecule has 0 bridgehead atoms. The third kappa shape index (κ3) is 2.84. The van der Waals surface area contributed by atoms with Crippen LogP contribution in [0.5, 0.6) is 0 Å². The first-order valence-electron chi connectivity index (χ1n) is 5.33. The quantitative estimate of drug-likeness (QED) is 0.703. The van der Waals surface area contributed by atoms with E-state index in [9.17, 15) is 0 Å². The summed E-state index contributed by atoms with van der Waals surface area (Å²) in [6.07, 6.45) is 0. The minimum Gasteiger partial charge on any atom is -0.399 e. The van der Waals surface area contributed by atoms with E-state index < -0.39 is 0 Å². The zero-order valence-corrected chi connectivity index (χ0v) is 9.86. The molecule has 2 aromatic rings. The van der Waals surface area contributed by atoms with Crippen LogP contribution in [0.1, 0.15) is 5.82 Å². The molecule has 0 aliphatic rings. The van der Waals surface area contributed by atoms with E-state index in [2.05, 4.69) is 20.6 Å². The van der Waals surface area contributed by atoms with Crippen molar-refractivity contribution in [1.82, 2.24) is 9.97 Å². The number of nitrogens with one attached hydrogen (secondary N) is 2. The number of benzene rings is 1. The second kappa shape index (κ2) is 4.69. The lowest BCUT2D eigenvalue weighted by molar-refractivity contribution is 1.06. The molecular weight excluding hydrogens is 214 g/mol. The number of nitrogens with two attached hydrogens (primary N) is 1. The molecule has 0 saturated heterocycles. The highest BCUT2D eigenvalue weighted by molar-refractivity contribution is 5.62. The molecule has 4 N–H and O–H groups in total. The van der Waals surface area contributed by atoms with Gasteiger partial charge in [-0.05, 0) is 25.1 Å². The molecule has 0 amide bonds. The molecule has 0 unspecified atom stereocenters. The summed E-state index contributed by atoms with van der Waals surface area (Å²) in [6, 6.07) is 9.37. The van der Waals surface area contributed by atoms with Gasteiger partial charge in [0.2, 0.25) is 0 Å². The Labute approximate surface area is 100 Å². The van der Waals surface area contributed by atoms with E-state index >= 15 is 0 Å². The predicted molar refractivity (Wildman–Crippen MR) is 70.5 cm³/mol. The third-order valence-electron chi connectivity index (χ3n) is 2.25. The van der Waals surface area contributed by atoms with Crippen molar-refractivity contribution in [3.63, 3.8) is 0 Å². The molecule has 88 valence electrons. The fraction of sp³-hybridized carbons (Fsp3) is 0.167. The highest BCUT2D eigenvalue weighted by atomic mass is 15.1. The Bertz CT molecular complexity index is 524. The molecule has 0 spiro atoms. The van der Waals surface area contributed by atoms with Crippen LogP contribution < -0.4 is 16.4 Å². The van der Waals surface area contributed by atoms with Crippen LogP contribution in [0.2, 0.25) is 0 Å². The van der Waals surface area contributed by atoms with Crippen LogP contribution in [0.15, 0.2) is 30.3 Å². The minimum atomic E-state index is 0.711. The SMILES string of the molecule is CNc1cc(Nc2cccc(N)c2)nc(C)n1. The predicted octanol–water partition coefficient (Wildman–Crippen LogP) is 2.15. The van der Waals surface area contributed by atoms with Crippen LogP contribution in [0.4, 0.5) is 23.0 Å². The van der Waals surface area contributed by atoms with Gasteiger partial charge in [-0.3, -0.25) is 0 Å². The normalized spacial score (nSPS) is 10.0. The van der Waals surface area contributed by atoms with Gasteiger partial charge >= 0.3 is 0 Å². The Hall–Kier alpha value is -2.30. The number of anilines is 4. The molecular formula is C12H15N5. The summed E-state index contributed by atoms with van der Waals surface area (Å²) in [5.41, 5.74) is 7.34. The first-order chi connectivity index (χ1) is 8.17. The number of hydrogen-bond donors (Lipinski definition) is 3. The van der Waals surface area contributed by atoms with Crippen LogP contribution >= 0.6 is 0 Å². The maximum Gasteiger partial charge on any atom is 0.136 e. The van der Waals surface area contributed by atoms with Crippen LogP contribution in [-0.2, 0) is 0 Å². The molecule has 2 rings (SSSR count). The van der Waals surface area contributed by atoms with Crippen LogP contribution in [0.25, 0.3) is 0 Å². The Morgan fingerprint density at radius 3 is 2.59 bits per heavy atom. The van der Waals surface area contributed by atoms with Gasteiger partial charge in [-0.1, -0.05) is 6.07 Å². The largest absolute Gasteiger partial charge is 0.399 e. The van der Waals surface area contributed by atoms with Crippen molar-refractivity contribution in [2.45, 2.75) is 6.92 Å². The number of hydrogen-bond acceptors (Lipinski definition) is 5. The summed E-state index contributed by atoms with van der Waals surface area (Å²) in [6.45, 7) is 1.85. The first kappa shape index (κ1) is 11.2. The third-order valence-corrected chi connectivity index (χ3v) is 2.25. The highest BCUT2D eigenvalue weighted by Gasteiger charge is 2.01. The average Bonchev–Trinajstić information content (AvgIpc) is 2.28. The zero-order valence-electron chi connectivity index (χ0n) is 9.86. The molecule has 5 heteroatoms. The average molecular weight is 229 g/mol. The molecule has 0 fully saturated rings. The molecule has 17 heavy (non-hydrogen) atoms. The summed E-state index contributed by atoms with van der Waals surface area (Å²) in [7, 11) is 1.83. The summed E-state index contributed by atoms with van der Waals surface area (Å²) < 4.78 is 0. The Morgan fingerprint density at radius 1 is 1.12 bits per heavy atom. The molecule has 0 saturated carbocycles. The molecule has 0 atom stereocenters. The zero-order chi connectivity index (χ0) is 12.3. The Balaban J connectivity index is 2.26. The van der Waals surface area contributed by atoms with Crippen LogP contribution in [-0.4, -0.2) is 17.0 Å². The fourth-order valence-electron chi connectivity index (χ4n) is 1.52. The number of aryl methyl sites for hydroxylation is 1. The van der Waals surface area contributed by atoms with Gasteiger partial charge < -0.3 is 16.4 Å². The van der Waals surface area contributed by atoms with E-state index in [0.717, 1.165) is 23.0 Å². The van der Waals surface area contributed by atoms with Gasteiger partial charge in [-0.25, -0.2) is 9.97 Å². The summed E-state index contributed by atoms with van der Waals surface area (Å²) >= 11 is 0. The minimum absolute atomic E-state index is 0.711. The standard InChI is InChI=1S/C12H15N5/c1-8-15-11(14-2)7-12(16-8)17-10-5-3-4-9(13)6-10/h3-7H,13H2,1-2H3,(H2,14,15,16,17). The van der Waals surface area contributed by atoms with Crippen molar-refractivity contribution in [2.24, 2.45) is 0 Å². The second-order valence-electron chi connectivity index (χ2n) is 3.69. The van der Waals surface area contributed by atoms with Gasteiger partial charge in [0, 0.05) is 24.5 Å². The number of aromatic nitrogens is 2. The van der Waals surface area contributed by atoms with E-state index in [0.29, 0.717) is 5.82 Å². The lowest BCUT2D eigenvalue weighted by Crippen LogP contribution is -2.01. The number of nitrogens with zero attached hydrogens (tertiary/aromatic N) is 2. The van der Waals surface area contributed by atoms with E-state index in [1.165, 1.54) is 0 Å². The Morgan fingerprint density at radius 2 is 1.88 bits per heavy atom. The van der Waals surface area contributed by atoms with Crippen molar-refractivity contribution < 1.29 is 0 Å². The maximum atomic E-state index is 5.71. The Kier molecular flexibility index (Phi) is 3.09. The van der Waals surface area contributed by atoms with Crippen LogP contribution in [0.3, 0.4) is 0 Å². The smallest absolute Gasteiger partial charge is 0.136 e. The van der Waals surface area contributed by atoms with Gasteiger partial charge in [0.25, 0.3) is 0 Å². The van der Waals surface area contributed by atoms with Crippen molar-refractivity contribution in [1.29, 1.82) is 0 Å². The lowest BCUT2D eigenvalue weighted by atomic mass is 10.3.